The maximum atomic E-state index is 11.8. The van der Waals surface area contributed by atoms with E-state index in [-0.39, 0.29) is 6.10 Å². The highest BCUT2D eigenvalue weighted by atomic mass is 16.5. The molecule has 0 aromatic heterocycles. The predicted octanol–water partition coefficient (Wildman–Crippen LogP) is -0.521. The molecular formula is C12H23N3O3. The third-order valence-electron chi connectivity index (χ3n) is 2.85. The average Bonchev–Trinajstić information content (AvgIpc) is 2.42. The Morgan fingerprint density at radius 1 is 1.50 bits per heavy atom. The fraction of sp³-hybridized carbons (Fsp3) is 0.833. The molecular weight excluding hydrogens is 234 g/mol. The monoisotopic (exact) mass is 257 g/mol. The number of piperidine rings is 1. The number of nitrogens with two attached hydrogens (primary N) is 1. The smallest absolute Gasteiger partial charge is 0.311 e. The van der Waals surface area contributed by atoms with Crippen LogP contribution < -0.4 is 11.1 Å². The summed E-state index contributed by atoms with van der Waals surface area (Å²) in [5, 5.41) is 2.49. The molecule has 6 heteroatoms. The minimum atomic E-state index is -0.573. The van der Waals surface area contributed by atoms with Crippen molar-refractivity contribution in [1.29, 1.82) is 0 Å². The van der Waals surface area contributed by atoms with Crippen molar-refractivity contribution >= 4 is 11.8 Å². The Balaban J connectivity index is 2.40. The number of carbonyl (C=O) groups excluding carboxylic acids is 2. The second-order valence-corrected chi connectivity index (χ2v) is 4.43. The van der Waals surface area contributed by atoms with Crippen LogP contribution >= 0.6 is 0 Å². The molecule has 6 nitrogen and oxygen atoms in total. The quantitative estimate of drug-likeness (QED) is 0.649. The molecule has 1 aliphatic heterocycles. The summed E-state index contributed by atoms with van der Waals surface area (Å²) in [7, 11) is 0. The van der Waals surface area contributed by atoms with Gasteiger partial charge in [-0.1, -0.05) is 6.92 Å². The van der Waals surface area contributed by atoms with Gasteiger partial charge in [-0.3, -0.25) is 9.59 Å². The summed E-state index contributed by atoms with van der Waals surface area (Å²) in [5.41, 5.74) is 5.27. The van der Waals surface area contributed by atoms with Crippen molar-refractivity contribution in [3.8, 4) is 0 Å². The summed E-state index contributed by atoms with van der Waals surface area (Å²) in [5.74, 6) is -1.05. The zero-order valence-electron chi connectivity index (χ0n) is 11.0. The maximum Gasteiger partial charge on any atom is 0.311 e. The standard InChI is InChI=1S/C12H23N3O3/c1-2-8-18-10-4-3-7-15(9-10)12(17)11(16)14-6-5-13/h10H,2-9,13H2,1H3,(H,14,16). The molecule has 1 atom stereocenters. The van der Waals surface area contributed by atoms with Crippen molar-refractivity contribution in [1.82, 2.24) is 10.2 Å². The van der Waals surface area contributed by atoms with E-state index in [9.17, 15) is 9.59 Å². The van der Waals surface area contributed by atoms with Gasteiger partial charge in [-0.15, -0.1) is 0 Å². The number of likely N-dealkylation sites (tertiary alicyclic amines) is 1. The maximum absolute atomic E-state index is 11.8. The molecule has 0 bridgehead atoms. The van der Waals surface area contributed by atoms with Crippen molar-refractivity contribution in [2.75, 3.05) is 32.8 Å². The van der Waals surface area contributed by atoms with Crippen molar-refractivity contribution in [2.24, 2.45) is 5.73 Å². The number of nitrogens with zero attached hydrogens (tertiary/aromatic N) is 1. The molecule has 0 aliphatic carbocycles. The SMILES string of the molecule is CCCOC1CCCN(C(=O)C(=O)NCCN)C1. The highest BCUT2D eigenvalue weighted by Gasteiger charge is 2.27. The molecule has 0 radical (unpaired) electrons. The van der Waals surface area contributed by atoms with Gasteiger partial charge in [0.25, 0.3) is 0 Å². The summed E-state index contributed by atoms with van der Waals surface area (Å²) in [6.07, 6.45) is 2.85. The van der Waals surface area contributed by atoms with Crippen molar-refractivity contribution in [3.63, 3.8) is 0 Å². The lowest BCUT2D eigenvalue weighted by atomic mass is 10.1. The van der Waals surface area contributed by atoms with Gasteiger partial charge in [-0.05, 0) is 19.3 Å². The number of hydrogen-bond acceptors (Lipinski definition) is 4. The molecule has 104 valence electrons. The van der Waals surface area contributed by atoms with Gasteiger partial charge in [0.2, 0.25) is 0 Å². The van der Waals surface area contributed by atoms with Gasteiger partial charge in [0.15, 0.2) is 0 Å². The van der Waals surface area contributed by atoms with Crippen LogP contribution in [0.5, 0.6) is 0 Å². The summed E-state index contributed by atoms with van der Waals surface area (Å²) >= 11 is 0. The fourth-order valence-corrected chi connectivity index (χ4v) is 1.95. The number of rotatable bonds is 5. The molecule has 0 aromatic rings. The van der Waals surface area contributed by atoms with Crippen LogP contribution in [0.15, 0.2) is 0 Å². The second kappa shape index (κ2) is 8.05. The van der Waals surface area contributed by atoms with Gasteiger partial charge in [0.1, 0.15) is 0 Å². The number of hydrogen-bond donors (Lipinski definition) is 2. The van der Waals surface area contributed by atoms with Crippen LogP contribution in [0.2, 0.25) is 0 Å². The van der Waals surface area contributed by atoms with E-state index in [0.717, 1.165) is 19.3 Å². The van der Waals surface area contributed by atoms with E-state index in [2.05, 4.69) is 5.32 Å². The third kappa shape index (κ3) is 4.62. The first-order valence-corrected chi connectivity index (χ1v) is 6.57. The lowest BCUT2D eigenvalue weighted by Crippen LogP contribution is -2.49. The van der Waals surface area contributed by atoms with Gasteiger partial charge in [0, 0.05) is 32.8 Å². The molecule has 0 aromatic carbocycles. The van der Waals surface area contributed by atoms with E-state index < -0.39 is 11.8 Å². The first-order valence-electron chi connectivity index (χ1n) is 6.57. The number of amides is 2. The minimum Gasteiger partial charge on any atom is -0.376 e. The summed E-state index contributed by atoms with van der Waals surface area (Å²) in [4.78, 5) is 24.9. The Kier molecular flexibility index (Phi) is 6.67. The number of carbonyl (C=O) groups is 2. The number of ether oxygens (including phenoxy) is 1. The molecule has 1 aliphatic rings. The highest BCUT2D eigenvalue weighted by molar-refractivity contribution is 6.35. The van der Waals surface area contributed by atoms with Gasteiger partial charge < -0.3 is 20.7 Å². The van der Waals surface area contributed by atoms with Gasteiger partial charge in [0.05, 0.1) is 6.10 Å². The Hall–Kier alpha value is -1.14. The van der Waals surface area contributed by atoms with E-state index in [1.54, 1.807) is 4.90 Å². The molecule has 0 saturated carbocycles. The normalized spacial score (nSPS) is 19.7. The first-order chi connectivity index (χ1) is 8.69. The molecule has 1 rings (SSSR count). The van der Waals surface area contributed by atoms with Crippen molar-refractivity contribution < 1.29 is 14.3 Å². The average molecular weight is 257 g/mol. The third-order valence-corrected chi connectivity index (χ3v) is 2.85. The minimum absolute atomic E-state index is 0.0601. The van der Waals surface area contributed by atoms with Crippen LogP contribution in [0.25, 0.3) is 0 Å². The summed E-state index contributed by atoms with van der Waals surface area (Å²) < 4.78 is 5.63. The topological polar surface area (TPSA) is 84.7 Å². The molecule has 2 amide bonds. The Bertz CT molecular complexity index is 284. The van der Waals surface area contributed by atoms with Crippen molar-refractivity contribution in [3.05, 3.63) is 0 Å². The molecule has 1 fully saturated rings. The zero-order chi connectivity index (χ0) is 13.4. The fourth-order valence-electron chi connectivity index (χ4n) is 1.95. The molecule has 18 heavy (non-hydrogen) atoms. The highest BCUT2D eigenvalue weighted by Crippen LogP contribution is 2.13. The van der Waals surface area contributed by atoms with Gasteiger partial charge in [-0.2, -0.15) is 0 Å². The summed E-state index contributed by atoms with van der Waals surface area (Å²) in [6.45, 7) is 4.54. The summed E-state index contributed by atoms with van der Waals surface area (Å²) in [6, 6.07) is 0. The van der Waals surface area contributed by atoms with E-state index in [0.29, 0.717) is 32.8 Å². The van der Waals surface area contributed by atoms with Crippen LogP contribution in [0, 0.1) is 0 Å². The van der Waals surface area contributed by atoms with Crippen LogP contribution in [0.4, 0.5) is 0 Å². The van der Waals surface area contributed by atoms with Crippen LogP contribution in [0.1, 0.15) is 26.2 Å². The van der Waals surface area contributed by atoms with Crippen LogP contribution in [-0.4, -0.2) is 55.6 Å². The largest absolute Gasteiger partial charge is 0.376 e. The number of nitrogens with one attached hydrogen (secondary N) is 1. The lowest BCUT2D eigenvalue weighted by Gasteiger charge is -2.32. The predicted molar refractivity (Wildman–Crippen MR) is 67.9 cm³/mol. The van der Waals surface area contributed by atoms with E-state index in [1.165, 1.54) is 0 Å². The molecule has 1 unspecified atom stereocenters. The molecule has 3 N–H and O–H groups in total. The second-order valence-electron chi connectivity index (χ2n) is 4.43. The van der Waals surface area contributed by atoms with Crippen LogP contribution in [-0.2, 0) is 14.3 Å². The van der Waals surface area contributed by atoms with Crippen molar-refractivity contribution in [2.45, 2.75) is 32.3 Å². The van der Waals surface area contributed by atoms with E-state index >= 15 is 0 Å². The Morgan fingerprint density at radius 2 is 2.28 bits per heavy atom. The van der Waals surface area contributed by atoms with Gasteiger partial charge in [-0.25, -0.2) is 0 Å². The first kappa shape index (κ1) is 14.9. The Morgan fingerprint density at radius 3 is 2.94 bits per heavy atom. The van der Waals surface area contributed by atoms with Gasteiger partial charge >= 0.3 is 11.8 Å². The molecule has 1 heterocycles. The van der Waals surface area contributed by atoms with E-state index in [4.69, 9.17) is 10.5 Å². The lowest BCUT2D eigenvalue weighted by molar-refractivity contribution is -0.148. The molecule has 1 saturated heterocycles. The van der Waals surface area contributed by atoms with Crippen LogP contribution in [0.3, 0.4) is 0 Å². The van der Waals surface area contributed by atoms with E-state index in [1.807, 2.05) is 6.92 Å². The zero-order valence-corrected chi connectivity index (χ0v) is 11.0. The molecule has 0 spiro atoms. The Labute approximate surface area is 108 Å².